The number of ether oxygens (including phenoxy) is 1. The molecule has 0 bridgehead atoms. The number of halogens is 4. The minimum Gasteiger partial charge on any atom is -0.481 e. The van der Waals surface area contributed by atoms with Gasteiger partial charge in [0.2, 0.25) is 5.88 Å². The van der Waals surface area contributed by atoms with Gasteiger partial charge in [-0.2, -0.15) is 13.2 Å². The van der Waals surface area contributed by atoms with Gasteiger partial charge in [0.05, 0.1) is 18.7 Å². The van der Waals surface area contributed by atoms with Gasteiger partial charge in [0.15, 0.2) is 5.84 Å². The van der Waals surface area contributed by atoms with Crippen molar-refractivity contribution in [2.75, 3.05) is 38.3 Å². The molecule has 160 valence electrons. The van der Waals surface area contributed by atoms with Gasteiger partial charge in [-0.1, -0.05) is 22.8 Å². The number of hydrogen-bond donors (Lipinski definition) is 0. The molecule has 10 heteroatoms. The zero-order chi connectivity index (χ0) is 21.5. The molecule has 3 heterocycles. The number of fused-ring (bicyclic) bond motifs is 1. The van der Waals surface area contributed by atoms with Gasteiger partial charge < -0.3 is 19.4 Å². The number of anilines is 1. The van der Waals surface area contributed by atoms with Crippen molar-refractivity contribution in [2.24, 2.45) is 5.16 Å². The molecule has 0 aliphatic carbocycles. The van der Waals surface area contributed by atoms with E-state index in [1.807, 2.05) is 24.0 Å². The Morgan fingerprint density at radius 2 is 2.00 bits per heavy atom. The molecule has 1 saturated heterocycles. The number of nitrogens with zero attached hydrogens (tertiary/aromatic N) is 4. The summed E-state index contributed by atoms with van der Waals surface area (Å²) < 4.78 is 45.9. The largest absolute Gasteiger partial charge is 0.481 e. The quantitative estimate of drug-likeness (QED) is 0.723. The summed E-state index contributed by atoms with van der Waals surface area (Å²) in [5.74, 6) is 1.04. The van der Waals surface area contributed by atoms with Crippen LogP contribution in [0.15, 0.2) is 35.5 Å². The molecule has 4 rings (SSSR count). The molecule has 1 fully saturated rings. The molecule has 30 heavy (non-hydrogen) atoms. The van der Waals surface area contributed by atoms with E-state index < -0.39 is 11.7 Å². The number of rotatable bonds is 3. The fourth-order valence-electron chi connectivity index (χ4n) is 3.78. The molecule has 1 aromatic carbocycles. The van der Waals surface area contributed by atoms with Crippen molar-refractivity contribution in [3.63, 3.8) is 0 Å². The molecule has 0 spiro atoms. The first-order chi connectivity index (χ1) is 14.3. The van der Waals surface area contributed by atoms with E-state index >= 15 is 0 Å². The summed E-state index contributed by atoms with van der Waals surface area (Å²) in [6, 6.07) is 7.41. The van der Waals surface area contributed by atoms with E-state index in [2.05, 4.69) is 10.1 Å². The molecule has 1 unspecified atom stereocenters. The topological polar surface area (TPSA) is 50.2 Å². The van der Waals surface area contributed by atoms with Crippen molar-refractivity contribution < 1.29 is 22.7 Å². The Kier molecular flexibility index (Phi) is 5.40. The fraction of sp³-hybridized carbons (Fsp3) is 0.400. The first kappa shape index (κ1) is 20.6. The van der Waals surface area contributed by atoms with Gasteiger partial charge in [0.25, 0.3) is 0 Å². The third-order valence-electron chi connectivity index (χ3n) is 5.25. The standard InChI is InChI=1S/C20H20ClF3N4O2/c1-12-3-5-16(25-19(12)29-2)18-26-30-11-14-10-27(7-8-28(14)18)17-6-4-13(21)9-15(17)20(22,23)24/h3-6,9,14H,7-8,10-11H2,1-2H3. The Bertz CT molecular complexity index is 983. The lowest BCUT2D eigenvalue weighted by Crippen LogP contribution is -2.59. The molecule has 0 radical (unpaired) electrons. The van der Waals surface area contributed by atoms with Gasteiger partial charge in [-0.15, -0.1) is 0 Å². The summed E-state index contributed by atoms with van der Waals surface area (Å²) in [4.78, 5) is 13.6. The molecule has 1 aromatic heterocycles. The number of oxime groups is 1. The summed E-state index contributed by atoms with van der Waals surface area (Å²) in [5, 5.41) is 4.22. The van der Waals surface area contributed by atoms with E-state index in [4.69, 9.17) is 21.2 Å². The first-order valence-electron chi connectivity index (χ1n) is 9.38. The highest BCUT2D eigenvalue weighted by Gasteiger charge is 2.39. The smallest absolute Gasteiger partial charge is 0.418 e. The highest BCUT2D eigenvalue weighted by molar-refractivity contribution is 6.30. The number of hydrogen-bond acceptors (Lipinski definition) is 6. The zero-order valence-corrected chi connectivity index (χ0v) is 17.2. The monoisotopic (exact) mass is 440 g/mol. The fourth-order valence-corrected chi connectivity index (χ4v) is 3.95. The van der Waals surface area contributed by atoms with Crippen molar-refractivity contribution in [1.29, 1.82) is 0 Å². The minimum absolute atomic E-state index is 0.0551. The lowest BCUT2D eigenvalue weighted by molar-refractivity contribution is -0.137. The first-order valence-corrected chi connectivity index (χ1v) is 9.76. The Hall–Kier alpha value is -2.68. The summed E-state index contributed by atoms with van der Waals surface area (Å²) in [6.07, 6.45) is -4.49. The number of amidine groups is 1. The molecule has 2 aliphatic rings. The van der Waals surface area contributed by atoms with Crippen molar-refractivity contribution in [2.45, 2.75) is 19.1 Å². The Labute approximate surface area is 176 Å². The van der Waals surface area contributed by atoms with E-state index in [0.717, 1.165) is 11.6 Å². The van der Waals surface area contributed by atoms with Gasteiger partial charge in [-0.05, 0) is 31.2 Å². The maximum Gasteiger partial charge on any atom is 0.418 e. The maximum atomic E-state index is 13.5. The molecule has 0 saturated carbocycles. The predicted molar refractivity (Wildman–Crippen MR) is 107 cm³/mol. The minimum atomic E-state index is -4.49. The lowest BCUT2D eigenvalue weighted by Gasteiger charge is -2.45. The molecule has 1 atom stereocenters. The van der Waals surface area contributed by atoms with Crippen LogP contribution in [0.2, 0.25) is 5.02 Å². The average molecular weight is 441 g/mol. The highest BCUT2D eigenvalue weighted by Crippen LogP contribution is 2.39. The van der Waals surface area contributed by atoms with Gasteiger partial charge >= 0.3 is 6.18 Å². The van der Waals surface area contributed by atoms with Gasteiger partial charge in [0, 0.05) is 35.9 Å². The van der Waals surface area contributed by atoms with E-state index in [1.165, 1.54) is 12.1 Å². The van der Waals surface area contributed by atoms with E-state index in [0.29, 0.717) is 37.0 Å². The van der Waals surface area contributed by atoms with Crippen LogP contribution in [0.1, 0.15) is 16.8 Å². The number of methoxy groups -OCH3 is 1. The Morgan fingerprint density at radius 1 is 1.20 bits per heavy atom. The summed E-state index contributed by atoms with van der Waals surface area (Å²) in [7, 11) is 1.55. The third-order valence-corrected chi connectivity index (χ3v) is 5.49. The van der Waals surface area contributed by atoms with Crippen LogP contribution in [0.3, 0.4) is 0 Å². The number of pyridine rings is 1. The van der Waals surface area contributed by atoms with Crippen LogP contribution >= 0.6 is 11.6 Å². The SMILES string of the molecule is COc1nc(C2=NOCC3CN(c4ccc(Cl)cc4C(F)(F)F)CCN23)ccc1C. The van der Waals surface area contributed by atoms with Crippen LogP contribution in [0.5, 0.6) is 5.88 Å². The van der Waals surface area contributed by atoms with Gasteiger partial charge in [-0.25, -0.2) is 4.98 Å². The Balaban J connectivity index is 1.59. The van der Waals surface area contributed by atoms with Crippen molar-refractivity contribution in [1.82, 2.24) is 9.88 Å². The van der Waals surface area contributed by atoms with E-state index in [9.17, 15) is 13.2 Å². The average Bonchev–Trinajstić information content (AvgIpc) is 2.72. The van der Waals surface area contributed by atoms with Crippen LogP contribution in [-0.4, -0.2) is 55.1 Å². The summed E-state index contributed by atoms with van der Waals surface area (Å²) in [6.45, 7) is 3.39. The van der Waals surface area contributed by atoms with E-state index in [-0.39, 0.29) is 23.4 Å². The Morgan fingerprint density at radius 3 is 2.73 bits per heavy atom. The van der Waals surface area contributed by atoms with Crippen LogP contribution < -0.4 is 9.64 Å². The summed E-state index contributed by atoms with van der Waals surface area (Å²) >= 11 is 5.82. The highest BCUT2D eigenvalue weighted by atomic mass is 35.5. The summed E-state index contributed by atoms with van der Waals surface area (Å²) in [5.41, 5.74) is 0.866. The predicted octanol–water partition coefficient (Wildman–Crippen LogP) is 3.95. The molecule has 0 amide bonds. The number of alkyl halides is 3. The molecular weight excluding hydrogens is 421 g/mol. The molecule has 2 aliphatic heterocycles. The maximum absolute atomic E-state index is 13.5. The van der Waals surface area contributed by atoms with Crippen LogP contribution in [0, 0.1) is 6.92 Å². The third kappa shape index (κ3) is 3.86. The van der Waals surface area contributed by atoms with Gasteiger partial charge in [-0.3, -0.25) is 0 Å². The number of benzene rings is 1. The van der Waals surface area contributed by atoms with Crippen molar-refractivity contribution >= 4 is 23.1 Å². The molecule has 0 N–H and O–H groups in total. The van der Waals surface area contributed by atoms with Crippen LogP contribution in [-0.2, 0) is 11.0 Å². The second kappa shape index (κ2) is 7.86. The van der Waals surface area contributed by atoms with Crippen LogP contribution in [0.25, 0.3) is 0 Å². The molecule has 2 aromatic rings. The number of piperazine rings is 1. The molecular formula is C20H20ClF3N4O2. The second-order valence-corrected chi connectivity index (χ2v) is 7.62. The molecule has 6 nitrogen and oxygen atoms in total. The number of aromatic nitrogens is 1. The normalized spacial score (nSPS) is 19.1. The zero-order valence-electron chi connectivity index (χ0n) is 16.4. The van der Waals surface area contributed by atoms with Crippen molar-refractivity contribution in [3.05, 3.63) is 52.2 Å². The van der Waals surface area contributed by atoms with Crippen molar-refractivity contribution in [3.8, 4) is 5.88 Å². The second-order valence-electron chi connectivity index (χ2n) is 7.19. The lowest BCUT2D eigenvalue weighted by atomic mass is 10.1. The number of aryl methyl sites for hydroxylation is 1. The van der Waals surface area contributed by atoms with E-state index in [1.54, 1.807) is 12.0 Å². The van der Waals surface area contributed by atoms with Gasteiger partial charge in [0.1, 0.15) is 12.3 Å². The van der Waals surface area contributed by atoms with Crippen LogP contribution in [0.4, 0.5) is 18.9 Å².